The van der Waals surface area contributed by atoms with Crippen LogP contribution in [0.5, 0.6) is 17.4 Å². The van der Waals surface area contributed by atoms with E-state index in [-0.39, 0.29) is 31.5 Å². The minimum Gasteiger partial charge on any atom is -0.494 e. The molecule has 2 aromatic carbocycles. The molecule has 0 fully saturated rings. The fourth-order valence-corrected chi connectivity index (χ4v) is 3.00. The molecule has 0 aliphatic heterocycles. The Morgan fingerprint density at radius 1 is 1.00 bits per heavy atom. The number of ether oxygens (including phenoxy) is 3. The number of nitrogens with one attached hydrogen (secondary N) is 1. The summed E-state index contributed by atoms with van der Waals surface area (Å²) in [4.78, 5) is 12.0. The minimum absolute atomic E-state index is 0.115. The van der Waals surface area contributed by atoms with E-state index in [1.165, 1.54) is 16.6 Å². The van der Waals surface area contributed by atoms with Gasteiger partial charge in [-0.05, 0) is 49.4 Å². The van der Waals surface area contributed by atoms with Crippen molar-refractivity contribution in [3.63, 3.8) is 0 Å². The van der Waals surface area contributed by atoms with Crippen LogP contribution in [0.1, 0.15) is 6.92 Å². The van der Waals surface area contributed by atoms with E-state index in [2.05, 4.69) is 20.6 Å². The van der Waals surface area contributed by atoms with Crippen molar-refractivity contribution in [2.24, 2.45) is 0 Å². The molecule has 170 valence electrons. The fourth-order valence-electron chi connectivity index (χ4n) is 3.00. The molecule has 2 heterocycles. The number of hydrogen-bond donors (Lipinski definition) is 1. The smallest absolute Gasteiger partial charge is 0.258 e. The number of nitrogens with zero attached hydrogens (tertiary/aromatic N) is 4. The number of benzene rings is 2. The van der Waals surface area contributed by atoms with Crippen molar-refractivity contribution in [2.45, 2.75) is 6.92 Å². The van der Waals surface area contributed by atoms with Crippen LogP contribution in [-0.2, 0) is 4.79 Å². The van der Waals surface area contributed by atoms with Gasteiger partial charge in [0.15, 0.2) is 18.1 Å². The number of aromatic nitrogens is 4. The van der Waals surface area contributed by atoms with Crippen molar-refractivity contribution in [1.29, 1.82) is 0 Å². The SMILES string of the molecule is CCOc1ccc(OCC(=O)NCCOc2ccc3nnc(-c4cccc(F)c4)n3n2)cc1. The molecule has 0 saturated carbocycles. The lowest BCUT2D eigenvalue weighted by Crippen LogP contribution is -2.32. The summed E-state index contributed by atoms with van der Waals surface area (Å²) in [5.41, 5.74) is 1.05. The number of fused-ring (bicyclic) bond motifs is 1. The highest BCUT2D eigenvalue weighted by molar-refractivity contribution is 5.77. The third-order valence-corrected chi connectivity index (χ3v) is 4.50. The number of carbonyl (C=O) groups is 1. The molecule has 1 amide bonds. The molecule has 0 bridgehead atoms. The highest BCUT2D eigenvalue weighted by Crippen LogP contribution is 2.20. The lowest BCUT2D eigenvalue weighted by molar-refractivity contribution is -0.123. The van der Waals surface area contributed by atoms with Crippen molar-refractivity contribution in [2.75, 3.05) is 26.4 Å². The quantitative estimate of drug-likeness (QED) is 0.370. The van der Waals surface area contributed by atoms with Crippen LogP contribution in [-0.4, -0.2) is 52.1 Å². The second-order valence-corrected chi connectivity index (χ2v) is 6.87. The summed E-state index contributed by atoms with van der Waals surface area (Å²) in [6, 6.07) is 16.4. The second-order valence-electron chi connectivity index (χ2n) is 6.87. The van der Waals surface area contributed by atoms with Crippen LogP contribution in [0.2, 0.25) is 0 Å². The number of rotatable bonds is 10. The minimum atomic E-state index is -0.376. The zero-order chi connectivity index (χ0) is 23.0. The third-order valence-electron chi connectivity index (χ3n) is 4.50. The maximum Gasteiger partial charge on any atom is 0.258 e. The Balaban J connectivity index is 1.26. The fraction of sp³-hybridized carbons (Fsp3) is 0.217. The third kappa shape index (κ3) is 5.73. The van der Waals surface area contributed by atoms with Crippen molar-refractivity contribution in [1.82, 2.24) is 25.1 Å². The first-order valence-corrected chi connectivity index (χ1v) is 10.4. The van der Waals surface area contributed by atoms with E-state index in [0.717, 1.165) is 5.75 Å². The molecule has 1 N–H and O–H groups in total. The molecule has 0 atom stereocenters. The van der Waals surface area contributed by atoms with Gasteiger partial charge >= 0.3 is 0 Å². The zero-order valence-corrected chi connectivity index (χ0v) is 17.9. The van der Waals surface area contributed by atoms with Gasteiger partial charge in [-0.2, -0.15) is 4.52 Å². The summed E-state index contributed by atoms with van der Waals surface area (Å²) in [7, 11) is 0. The van der Waals surface area contributed by atoms with E-state index in [0.29, 0.717) is 35.3 Å². The summed E-state index contributed by atoms with van der Waals surface area (Å²) in [6.45, 7) is 2.85. The van der Waals surface area contributed by atoms with Gasteiger partial charge in [0, 0.05) is 11.6 Å². The van der Waals surface area contributed by atoms with Gasteiger partial charge in [-0.1, -0.05) is 12.1 Å². The molecule has 4 aromatic rings. The summed E-state index contributed by atoms with van der Waals surface area (Å²) < 4.78 is 31.5. The predicted molar refractivity (Wildman–Crippen MR) is 118 cm³/mol. The standard InChI is InChI=1S/C23H22FN5O4/c1-2-31-18-6-8-19(9-7-18)33-15-21(30)25-12-13-32-22-11-10-20-26-27-23(29(20)28-22)16-4-3-5-17(24)14-16/h3-11,14H,2,12-13,15H2,1H3,(H,25,30). The molecule has 4 rings (SSSR count). The van der Waals surface area contributed by atoms with Crippen molar-refractivity contribution in [3.8, 4) is 28.8 Å². The van der Waals surface area contributed by atoms with Gasteiger partial charge in [0.05, 0.1) is 13.2 Å². The molecule has 0 unspecified atom stereocenters. The van der Waals surface area contributed by atoms with Gasteiger partial charge in [0.2, 0.25) is 5.88 Å². The van der Waals surface area contributed by atoms with E-state index in [4.69, 9.17) is 14.2 Å². The number of halogens is 1. The average Bonchev–Trinajstić information content (AvgIpc) is 3.25. The first-order valence-electron chi connectivity index (χ1n) is 10.4. The molecule has 0 saturated heterocycles. The van der Waals surface area contributed by atoms with Crippen molar-refractivity contribution < 1.29 is 23.4 Å². The summed E-state index contributed by atoms with van der Waals surface area (Å²) in [6.07, 6.45) is 0. The van der Waals surface area contributed by atoms with Gasteiger partial charge in [0.1, 0.15) is 23.9 Å². The van der Waals surface area contributed by atoms with Crippen LogP contribution >= 0.6 is 0 Å². The number of amides is 1. The van der Waals surface area contributed by atoms with Gasteiger partial charge in [-0.3, -0.25) is 4.79 Å². The molecular weight excluding hydrogens is 429 g/mol. The molecule has 0 spiro atoms. The molecular formula is C23H22FN5O4. The van der Waals surface area contributed by atoms with Crippen LogP contribution < -0.4 is 19.5 Å². The Kier molecular flexibility index (Phi) is 6.93. The van der Waals surface area contributed by atoms with E-state index in [1.807, 2.05) is 6.92 Å². The van der Waals surface area contributed by atoms with Crippen molar-refractivity contribution >= 4 is 11.6 Å². The second kappa shape index (κ2) is 10.4. The Labute approximate surface area is 189 Å². The number of carbonyl (C=O) groups excluding carboxylic acids is 1. The van der Waals surface area contributed by atoms with Crippen molar-refractivity contribution in [3.05, 3.63) is 66.5 Å². The summed E-state index contributed by atoms with van der Waals surface area (Å²) in [5.74, 6) is 1.38. The average molecular weight is 451 g/mol. The zero-order valence-electron chi connectivity index (χ0n) is 17.9. The van der Waals surface area contributed by atoms with Gasteiger partial charge in [-0.15, -0.1) is 15.3 Å². The molecule has 33 heavy (non-hydrogen) atoms. The van der Waals surface area contributed by atoms with Crippen LogP contribution in [0, 0.1) is 5.82 Å². The van der Waals surface area contributed by atoms with Crippen LogP contribution in [0.25, 0.3) is 17.0 Å². The molecule has 0 aliphatic carbocycles. The van der Waals surface area contributed by atoms with Gasteiger partial charge < -0.3 is 19.5 Å². The van der Waals surface area contributed by atoms with Gasteiger partial charge in [0.25, 0.3) is 5.91 Å². The number of hydrogen-bond acceptors (Lipinski definition) is 7. The molecule has 0 radical (unpaired) electrons. The predicted octanol–water partition coefficient (Wildman–Crippen LogP) is 2.90. The Bertz CT molecular complexity index is 1230. The van der Waals surface area contributed by atoms with E-state index >= 15 is 0 Å². The monoisotopic (exact) mass is 451 g/mol. The molecule has 0 aliphatic rings. The van der Waals surface area contributed by atoms with Gasteiger partial charge in [-0.25, -0.2) is 4.39 Å². The van der Waals surface area contributed by atoms with Crippen LogP contribution in [0.4, 0.5) is 4.39 Å². The summed E-state index contributed by atoms with van der Waals surface area (Å²) >= 11 is 0. The van der Waals surface area contributed by atoms with E-state index < -0.39 is 0 Å². The lowest BCUT2D eigenvalue weighted by Gasteiger charge is -2.09. The molecule has 9 nitrogen and oxygen atoms in total. The molecule has 10 heteroatoms. The first kappa shape index (κ1) is 22.0. The van der Waals surface area contributed by atoms with Crippen LogP contribution in [0.15, 0.2) is 60.7 Å². The largest absolute Gasteiger partial charge is 0.494 e. The first-order chi connectivity index (χ1) is 16.1. The normalized spacial score (nSPS) is 10.7. The van der Waals surface area contributed by atoms with E-state index in [9.17, 15) is 9.18 Å². The Hall–Kier alpha value is -4.21. The van der Waals surface area contributed by atoms with E-state index in [1.54, 1.807) is 48.5 Å². The summed E-state index contributed by atoms with van der Waals surface area (Å²) in [5, 5.41) is 15.2. The maximum absolute atomic E-state index is 13.6. The molecule has 2 aromatic heterocycles. The topological polar surface area (TPSA) is 99.9 Å². The Morgan fingerprint density at radius 2 is 1.79 bits per heavy atom. The van der Waals surface area contributed by atoms with Crippen LogP contribution in [0.3, 0.4) is 0 Å². The highest BCUT2D eigenvalue weighted by atomic mass is 19.1. The maximum atomic E-state index is 13.6. The highest BCUT2D eigenvalue weighted by Gasteiger charge is 2.11. The Morgan fingerprint density at radius 3 is 2.55 bits per heavy atom. The lowest BCUT2D eigenvalue weighted by atomic mass is 10.2.